The van der Waals surface area contributed by atoms with E-state index in [-0.39, 0.29) is 0 Å². The Kier molecular flexibility index (Phi) is 2.10. The molecule has 2 aromatic heterocycles. The molecule has 2 heterocycles. The van der Waals surface area contributed by atoms with E-state index in [1.807, 2.05) is 0 Å². The molecule has 2 rings (SSSR count). The molecular formula is C7H5ClN2OS. The predicted octanol–water partition coefficient (Wildman–Crippen LogP) is 2.54. The summed E-state index contributed by atoms with van der Waals surface area (Å²) in [6.45, 7) is 0. The Bertz CT molecular complexity index is 357. The molecular weight excluding hydrogens is 196 g/mol. The fourth-order valence-corrected chi connectivity index (χ4v) is 1.75. The van der Waals surface area contributed by atoms with Gasteiger partial charge >= 0.3 is 0 Å². The highest BCUT2D eigenvalue weighted by molar-refractivity contribution is 7.15. The van der Waals surface area contributed by atoms with Crippen molar-refractivity contribution >= 4 is 22.9 Å². The summed E-state index contributed by atoms with van der Waals surface area (Å²) < 4.78 is 5.07. The van der Waals surface area contributed by atoms with Crippen molar-refractivity contribution in [3.8, 4) is 10.8 Å². The zero-order chi connectivity index (χ0) is 8.39. The van der Waals surface area contributed by atoms with Gasteiger partial charge in [0.15, 0.2) is 17.2 Å². The third kappa shape index (κ3) is 1.35. The van der Waals surface area contributed by atoms with Gasteiger partial charge < -0.3 is 4.42 Å². The fourth-order valence-electron chi connectivity index (χ4n) is 0.805. The first-order valence-corrected chi connectivity index (χ1v) is 4.65. The molecule has 0 unspecified atom stereocenters. The van der Waals surface area contributed by atoms with Gasteiger partial charge in [0, 0.05) is 11.1 Å². The third-order valence-electron chi connectivity index (χ3n) is 1.33. The number of halogens is 1. The third-order valence-corrected chi connectivity index (χ3v) is 2.79. The molecule has 12 heavy (non-hydrogen) atoms. The maximum absolute atomic E-state index is 5.63. The van der Waals surface area contributed by atoms with E-state index < -0.39 is 0 Å². The van der Waals surface area contributed by atoms with E-state index in [4.69, 9.17) is 16.0 Å². The highest BCUT2D eigenvalue weighted by atomic mass is 35.5. The zero-order valence-electron chi connectivity index (χ0n) is 6.03. The van der Waals surface area contributed by atoms with Crippen LogP contribution in [0, 0.1) is 0 Å². The van der Waals surface area contributed by atoms with Crippen molar-refractivity contribution in [1.82, 2.24) is 9.97 Å². The molecule has 2 aromatic rings. The summed E-state index contributed by atoms with van der Waals surface area (Å²) in [5.74, 6) is 1.18. The lowest BCUT2D eigenvalue weighted by Crippen LogP contribution is -1.66. The van der Waals surface area contributed by atoms with Crippen LogP contribution in [0.25, 0.3) is 10.8 Å². The molecule has 0 amide bonds. The summed E-state index contributed by atoms with van der Waals surface area (Å²) in [6.07, 6.45) is 4.77. The minimum Gasteiger partial charge on any atom is -0.441 e. The van der Waals surface area contributed by atoms with Gasteiger partial charge in [0.1, 0.15) is 0 Å². The number of thiazole rings is 1. The molecule has 5 heteroatoms. The highest BCUT2D eigenvalue weighted by Gasteiger charge is 2.06. The lowest BCUT2D eigenvalue weighted by molar-refractivity contribution is 0.571. The summed E-state index contributed by atoms with van der Waals surface area (Å²) in [4.78, 5) is 8.96. The summed E-state index contributed by atoms with van der Waals surface area (Å²) in [6, 6.07) is 0. The molecule has 0 aliphatic carbocycles. The Morgan fingerprint density at radius 1 is 1.50 bits per heavy atom. The molecule has 3 nitrogen and oxygen atoms in total. The van der Waals surface area contributed by atoms with Crippen LogP contribution in [0.5, 0.6) is 0 Å². The number of rotatable bonds is 2. The Hall–Kier alpha value is -0.870. The molecule has 62 valence electrons. The SMILES string of the molecule is ClCc1cnc(-c2cnco2)s1. The molecule has 0 bridgehead atoms. The van der Waals surface area contributed by atoms with Crippen molar-refractivity contribution in [1.29, 1.82) is 0 Å². The van der Waals surface area contributed by atoms with Crippen LogP contribution in [-0.2, 0) is 5.88 Å². The van der Waals surface area contributed by atoms with Crippen molar-refractivity contribution in [3.05, 3.63) is 23.7 Å². The maximum atomic E-state index is 5.63. The number of hydrogen-bond acceptors (Lipinski definition) is 4. The fraction of sp³-hybridized carbons (Fsp3) is 0.143. The smallest absolute Gasteiger partial charge is 0.182 e. The Morgan fingerprint density at radius 2 is 2.42 bits per heavy atom. The van der Waals surface area contributed by atoms with Gasteiger partial charge in [-0.05, 0) is 0 Å². The highest BCUT2D eigenvalue weighted by Crippen LogP contribution is 2.25. The molecule has 0 fully saturated rings. The van der Waals surface area contributed by atoms with E-state index in [1.54, 1.807) is 12.4 Å². The zero-order valence-corrected chi connectivity index (χ0v) is 7.60. The van der Waals surface area contributed by atoms with Crippen LogP contribution in [0.2, 0.25) is 0 Å². The quantitative estimate of drug-likeness (QED) is 0.700. The van der Waals surface area contributed by atoms with Crippen LogP contribution in [-0.4, -0.2) is 9.97 Å². The lowest BCUT2D eigenvalue weighted by Gasteiger charge is -1.83. The summed E-state index contributed by atoms with van der Waals surface area (Å²) >= 11 is 7.14. The second-order valence-electron chi connectivity index (χ2n) is 2.13. The first-order chi connectivity index (χ1) is 5.90. The van der Waals surface area contributed by atoms with Gasteiger partial charge in [-0.3, -0.25) is 0 Å². The van der Waals surface area contributed by atoms with Gasteiger partial charge in [-0.1, -0.05) is 0 Å². The average molecular weight is 201 g/mol. The molecule has 0 aromatic carbocycles. The molecule has 0 aliphatic heterocycles. The van der Waals surface area contributed by atoms with E-state index in [2.05, 4.69) is 9.97 Å². The summed E-state index contributed by atoms with van der Waals surface area (Å²) in [5, 5.41) is 0.822. The van der Waals surface area contributed by atoms with Crippen LogP contribution in [0.3, 0.4) is 0 Å². The normalized spacial score (nSPS) is 10.4. The molecule has 0 aliphatic rings. The van der Waals surface area contributed by atoms with E-state index in [1.165, 1.54) is 17.7 Å². The Morgan fingerprint density at radius 3 is 3.00 bits per heavy atom. The van der Waals surface area contributed by atoms with Gasteiger partial charge in [0.2, 0.25) is 0 Å². The van der Waals surface area contributed by atoms with Gasteiger partial charge in [-0.25, -0.2) is 9.97 Å². The number of nitrogens with zero attached hydrogens (tertiary/aromatic N) is 2. The van der Waals surface area contributed by atoms with Crippen molar-refractivity contribution in [2.75, 3.05) is 0 Å². The first-order valence-electron chi connectivity index (χ1n) is 3.29. The number of alkyl halides is 1. The van der Waals surface area contributed by atoms with E-state index in [9.17, 15) is 0 Å². The van der Waals surface area contributed by atoms with E-state index in [0.717, 1.165) is 9.88 Å². The van der Waals surface area contributed by atoms with Crippen LogP contribution in [0.1, 0.15) is 4.88 Å². The molecule has 0 saturated heterocycles. The van der Waals surface area contributed by atoms with Crippen LogP contribution >= 0.6 is 22.9 Å². The second-order valence-corrected chi connectivity index (χ2v) is 3.51. The van der Waals surface area contributed by atoms with Gasteiger partial charge in [0.25, 0.3) is 0 Å². The standard InChI is InChI=1S/C7H5ClN2OS/c8-1-5-2-10-7(12-5)6-3-9-4-11-6/h2-4H,1H2. The summed E-state index contributed by atoms with van der Waals surface area (Å²) in [7, 11) is 0. The van der Waals surface area contributed by atoms with Gasteiger partial charge in [-0.15, -0.1) is 22.9 Å². The lowest BCUT2D eigenvalue weighted by atomic mass is 10.5. The van der Waals surface area contributed by atoms with Crippen molar-refractivity contribution < 1.29 is 4.42 Å². The number of hydrogen-bond donors (Lipinski definition) is 0. The molecule has 0 spiro atoms. The van der Waals surface area contributed by atoms with Crippen LogP contribution < -0.4 is 0 Å². The topological polar surface area (TPSA) is 38.9 Å². The molecule has 0 radical (unpaired) electrons. The van der Waals surface area contributed by atoms with Crippen molar-refractivity contribution in [2.45, 2.75) is 5.88 Å². The first kappa shape index (κ1) is 7.76. The van der Waals surface area contributed by atoms with Crippen LogP contribution in [0.4, 0.5) is 0 Å². The van der Waals surface area contributed by atoms with Crippen molar-refractivity contribution in [2.24, 2.45) is 0 Å². The maximum Gasteiger partial charge on any atom is 0.182 e. The number of oxazole rings is 1. The van der Waals surface area contributed by atoms with E-state index in [0.29, 0.717) is 11.6 Å². The monoisotopic (exact) mass is 200 g/mol. The number of aromatic nitrogens is 2. The minimum absolute atomic E-state index is 0.492. The van der Waals surface area contributed by atoms with Gasteiger partial charge in [0.05, 0.1) is 12.1 Å². The second kappa shape index (κ2) is 3.25. The van der Waals surface area contributed by atoms with Gasteiger partial charge in [-0.2, -0.15) is 0 Å². The molecule has 0 N–H and O–H groups in total. The van der Waals surface area contributed by atoms with E-state index >= 15 is 0 Å². The average Bonchev–Trinajstić information content (AvgIpc) is 2.75. The predicted molar refractivity (Wildman–Crippen MR) is 47.2 cm³/mol. The molecule has 0 atom stereocenters. The van der Waals surface area contributed by atoms with Crippen LogP contribution in [0.15, 0.2) is 23.2 Å². The largest absolute Gasteiger partial charge is 0.441 e. The molecule has 0 saturated carbocycles. The Labute approximate surface area is 78.0 Å². The Balaban J connectivity index is 2.35. The van der Waals surface area contributed by atoms with Crippen molar-refractivity contribution in [3.63, 3.8) is 0 Å². The minimum atomic E-state index is 0.492. The summed E-state index contributed by atoms with van der Waals surface area (Å²) in [5.41, 5.74) is 0.